The highest BCUT2D eigenvalue weighted by Crippen LogP contribution is 2.26. The molecule has 0 radical (unpaired) electrons. The summed E-state index contributed by atoms with van der Waals surface area (Å²) in [5.74, 6) is 1.25. The van der Waals surface area contributed by atoms with Crippen molar-refractivity contribution in [3.8, 4) is 5.75 Å². The number of nitrogens with zero attached hydrogens (tertiary/aromatic N) is 3. The number of likely N-dealkylation sites (tertiary alicyclic amines) is 2. The van der Waals surface area contributed by atoms with E-state index in [4.69, 9.17) is 4.74 Å². The molecule has 1 aromatic heterocycles. The second-order valence-corrected chi connectivity index (χ2v) is 9.32. The predicted molar refractivity (Wildman–Crippen MR) is 132 cm³/mol. The number of hydrogen-bond acceptors (Lipinski definition) is 4. The van der Waals surface area contributed by atoms with Crippen LogP contribution in [0.3, 0.4) is 0 Å². The first-order valence-corrected chi connectivity index (χ1v) is 12.3. The quantitative estimate of drug-likeness (QED) is 0.530. The van der Waals surface area contributed by atoms with Crippen LogP contribution in [-0.2, 0) is 11.2 Å². The minimum absolute atomic E-state index is 0.0280. The van der Waals surface area contributed by atoms with Gasteiger partial charge < -0.3 is 14.5 Å². The summed E-state index contributed by atoms with van der Waals surface area (Å²) in [6.07, 6.45) is 6.45. The fraction of sp³-hybridized carbons (Fsp3) is 0.393. The lowest BCUT2D eigenvalue weighted by atomic mass is 9.90. The first-order valence-electron chi connectivity index (χ1n) is 12.3. The lowest BCUT2D eigenvalue weighted by molar-refractivity contribution is -0.128. The van der Waals surface area contributed by atoms with Crippen molar-refractivity contribution in [2.45, 2.75) is 32.1 Å². The standard InChI is InChI=1S/C28H31N3O3/c32-27-10-5-14-30(27)16-17-34-26-9-2-1-8-24(26)28(33)31-15-4-6-22(20-31)18-21-11-12-25-23(19-21)7-3-13-29-25/h1-3,7-9,11-13,19,22H,4-6,10,14-18,20H2. The number of para-hydroxylation sites is 1. The van der Waals surface area contributed by atoms with Gasteiger partial charge in [0.05, 0.1) is 17.6 Å². The van der Waals surface area contributed by atoms with Crippen molar-refractivity contribution in [3.05, 3.63) is 71.9 Å². The van der Waals surface area contributed by atoms with Crippen molar-refractivity contribution in [3.63, 3.8) is 0 Å². The molecular weight excluding hydrogens is 426 g/mol. The molecule has 6 heteroatoms. The molecule has 176 valence electrons. The maximum Gasteiger partial charge on any atom is 0.257 e. The largest absolute Gasteiger partial charge is 0.491 e. The van der Waals surface area contributed by atoms with Crippen molar-refractivity contribution in [2.24, 2.45) is 5.92 Å². The molecule has 0 spiro atoms. The third kappa shape index (κ3) is 5.06. The highest BCUT2D eigenvalue weighted by molar-refractivity contribution is 5.97. The molecule has 2 amide bonds. The minimum Gasteiger partial charge on any atom is -0.491 e. The summed E-state index contributed by atoms with van der Waals surface area (Å²) in [4.78, 5) is 33.5. The van der Waals surface area contributed by atoms with Crippen LogP contribution in [0, 0.1) is 5.92 Å². The average Bonchev–Trinajstić information content (AvgIpc) is 3.28. The Morgan fingerprint density at radius 3 is 2.85 bits per heavy atom. The zero-order chi connectivity index (χ0) is 23.3. The van der Waals surface area contributed by atoms with E-state index in [2.05, 4.69) is 29.2 Å². The van der Waals surface area contributed by atoms with Crippen molar-refractivity contribution in [1.82, 2.24) is 14.8 Å². The van der Waals surface area contributed by atoms with Gasteiger partial charge in [-0.3, -0.25) is 14.6 Å². The smallest absolute Gasteiger partial charge is 0.257 e. The normalized spacial score (nSPS) is 18.5. The fourth-order valence-corrected chi connectivity index (χ4v) is 5.15. The van der Waals surface area contributed by atoms with Gasteiger partial charge in [0, 0.05) is 37.6 Å². The van der Waals surface area contributed by atoms with Crippen LogP contribution in [0.2, 0.25) is 0 Å². The molecule has 3 heterocycles. The molecule has 2 fully saturated rings. The number of amides is 2. The Balaban J connectivity index is 1.22. The SMILES string of the molecule is O=C1CCCN1CCOc1ccccc1C(=O)N1CCCC(Cc2ccc3ncccc3c2)C1. The van der Waals surface area contributed by atoms with E-state index in [9.17, 15) is 9.59 Å². The molecule has 2 saturated heterocycles. The van der Waals surface area contributed by atoms with Crippen LogP contribution in [0.1, 0.15) is 41.6 Å². The first-order chi connectivity index (χ1) is 16.7. The summed E-state index contributed by atoms with van der Waals surface area (Å²) in [5, 5.41) is 1.16. The van der Waals surface area contributed by atoms with E-state index in [0.717, 1.165) is 56.2 Å². The highest BCUT2D eigenvalue weighted by Gasteiger charge is 2.27. The second kappa shape index (κ2) is 10.2. The Kier molecular flexibility index (Phi) is 6.74. The third-order valence-electron chi connectivity index (χ3n) is 6.91. The van der Waals surface area contributed by atoms with Gasteiger partial charge in [-0.25, -0.2) is 0 Å². The number of carbonyl (C=O) groups excluding carboxylic acids is 2. The van der Waals surface area contributed by atoms with E-state index >= 15 is 0 Å². The summed E-state index contributed by atoms with van der Waals surface area (Å²) in [7, 11) is 0. The maximum atomic E-state index is 13.4. The van der Waals surface area contributed by atoms with Crippen LogP contribution in [-0.4, -0.2) is 59.4 Å². The zero-order valence-electron chi connectivity index (χ0n) is 19.5. The molecule has 0 N–H and O–H groups in total. The van der Waals surface area contributed by atoms with Crippen LogP contribution >= 0.6 is 0 Å². The summed E-state index contributed by atoms with van der Waals surface area (Å²) in [5.41, 5.74) is 2.91. The average molecular weight is 458 g/mol. The van der Waals surface area contributed by atoms with Gasteiger partial charge in [0.25, 0.3) is 5.91 Å². The van der Waals surface area contributed by atoms with E-state index in [-0.39, 0.29) is 11.8 Å². The Hall–Kier alpha value is -3.41. The number of aromatic nitrogens is 1. The summed E-state index contributed by atoms with van der Waals surface area (Å²) in [6.45, 7) is 3.28. The van der Waals surface area contributed by atoms with Gasteiger partial charge in [-0.1, -0.05) is 24.3 Å². The second-order valence-electron chi connectivity index (χ2n) is 9.32. The molecule has 2 aromatic carbocycles. The fourth-order valence-electron chi connectivity index (χ4n) is 5.15. The Morgan fingerprint density at radius 1 is 1.06 bits per heavy atom. The lowest BCUT2D eigenvalue weighted by Gasteiger charge is -2.33. The molecule has 5 rings (SSSR count). The van der Waals surface area contributed by atoms with Gasteiger partial charge in [0.2, 0.25) is 5.91 Å². The van der Waals surface area contributed by atoms with Crippen LogP contribution in [0.5, 0.6) is 5.75 Å². The molecule has 1 atom stereocenters. The number of pyridine rings is 1. The topological polar surface area (TPSA) is 62.7 Å². The molecule has 34 heavy (non-hydrogen) atoms. The van der Waals surface area contributed by atoms with Gasteiger partial charge in [-0.05, 0) is 67.5 Å². The van der Waals surface area contributed by atoms with Crippen LogP contribution < -0.4 is 4.74 Å². The number of rotatable bonds is 7. The minimum atomic E-state index is 0.0280. The van der Waals surface area contributed by atoms with Gasteiger partial charge in [0.15, 0.2) is 0 Å². The van der Waals surface area contributed by atoms with Gasteiger partial charge in [-0.15, -0.1) is 0 Å². The number of carbonyl (C=O) groups is 2. The predicted octanol–water partition coefficient (Wildman–Crippen LogP) is 4.33. The van der Waals surface area contributed by atoms with Gasteiger partial charge >= 0.3 is 0 Å². The van der Waals surface area contributed by atoms with Gasteiger partial charge in [0.1, 0.15) is 12.4 Å². The summed E-state index contributed by atoms with van der Waals surface area (Å²) in [6, 6.07) is 18.0. The van der Waals surface area contributed by atoms with Crippen molar-refractivity contribution >= 4 is 22.7 Å². The van der Waals surface area contributed by atoms with Crippen LogP contribution in [0.25, 0.3) is 10.9 Å². The van der Waals surface area contributed by atoms with E-state index in [1.807, 2.05) is 46.3 Å². The van der Waals surface area contributed by atoms with Crippen molar-refractivity contribution < 1.29 is 14.3 Å². The van der Waals surface area contributed by atoms with E-state index in [1.165, 1.54) is 5.56 Å². The van der Waals surface area contributed by atoms with Crippen LogP contribution in [0.4, 0.5) is 0 Å². The molecule has 3 aromatic rings. The number of ether oxygens (including phenoxy) is 1. The lowest BCUT2D eigenvalue weighted by Crippen LogP contribution is -2.40. The molecule has 1 unspecified atom stereocenters. The molecule has 2 aliphatic heterocycles. The van der Waals surface area contributed by atoms with Gasteiger partial charge in [-0.2, -0.15) is 0 Å². The Labute approximate surface area is 200 Å². The van der Waals surface area contributed by atoms with Crippen molar-refractivity contribution in [2.75, 3.05) is 32.8 Å². The van der Waals surface area contributed by atoms with Crippen LogP contribution in [0.15, 0.2) is 60.8 Å². The number of piperidine rings is 1. The maximum absolute atomic E-state index is 13.4. The summed E-state index contributed by atoms with van der Waals surface area (Å²) >= 11 is 0. The van der Waals surface area contributed by atoms with E-state index in [1.54, 1.807) is 0 Å². The number of fused-ring (bicyclic) bond motifs is 1. The van der Waals surface area contributed by atoms with Crippen molar-refractivity contribution in [1.29, 1.82) is 0 Å². The molecule has 2 aliphatic rings. The van der Waals surface area contributed by atoms with E-state index in [0.29, 0.717) is 36.8 Å². The zero-order valence-corrected chi connectivity index (χ0v) is 19.5. The third-order valence-corrected chi connectivity index (χ3v) is 6.91. The first kappa shape index (κ1) is 22.4. The molecule has 0 bridgehead atoms. The molecule has 0 saturated carbocycles. The Bertz CT molecular complexity index is 1180. The highest BCUT2D eigenvalue weighted by atomic mass is 16.5. The Morgan fingerprint density at radius 2 is 1.97 bits per heavy atom. The molecule has 6 nitrogen and oxygen atoms in total. The molecule has 0 aliphatic carbocycles. The summed E-state index contributed by atoms with van der Waals surface area (Å²) < 4.78 is 5.98. The molecular formula is C28H31N3O3. The number of benzene rings is 2. The monoisotopic (exact) mass is 457 g/mol. The number of hydrogen-bond donors (Lipinski definition) is 0. The van der Waals surface area contributed by atoms with E-state index < -0.39 is 0 Å².